The van der Waals surface area contributed by atoms with Crippen molar-refractivity contribution >= 4 is 76.2 Å². The minimum atomic E-state index is -1.49. The van der Waals surface area contributed by atoms with Gasteiger partial charge < -0.3 is 63.5 Å². The number of guanidine groups is 1. The normalized spacial score (nSPS) is 25.2. The molecule has 1 aromatic heterocycles. The Morgan fingerprint density at radius 1 is 0.718 bits per heavy atom. The molecule has 418 valence electrons. The van der Waals surface area contributed by atoms with E-state index < -0.39 is 96.0 Å². The third-order valence-electron chi connectivity index (χ3n) is 14.6. The highest BCUT2D eigenvalue weighted by Gasteiger charge is 2.43. The Hall–Kier alpha value is -8.11. The van der Waals surface area contributed by atoms with Crippen LogP contribution in [0.15, 0.2) is 82.6 Å². The average molecular weight is 1080 g/mol. The van der Waals surface area contributed by atoms with E-state index in [1.807, 2.05) is 31.2 Å². The van der Waals surface area contributed by atoms with Gasteiger partial charge in [0, 0.05) is 93.8 Å². The van der Waals surface area contributed by atoms with E-state index in [0.717, 1.165) is 23.7 Å². The van der Waals surface area contributed by atoms with Crippen LogP contribution in [-0.4, -0.2) is 155 Å². The molecule has 23 nitrogen and oxygen atoms in total. The van der Waals surface area contributed by atoms with E-state index in [0.29, 0.717) is 55.5 Å². The molecule has 23 heteroatoms. The lowest BCUT2D eigenvalue weighted by Gasteiger charge is -2.33. The summed E-state index contributed by atoms with van der Waals surface area (Å²) in [6, 6.07) is 7.41. The van der Waals surface area contributed by atoms with Gasteiger partial charge in [-0.1, -0.05) is 54.6 Å². The van der Waals surface area contributed by atoms with Crippen molar-refractivity contribution in [2.75, 3.05) is 26.2 Å². The van der Waals surface area contributed by atoms with Crippen LogP contribution in [0.1, 0.15) is 102 Å². The lowest BCUT2D eigenvalue weighted by molar-refractivity contribution is -0.146. The van der Waals surface area contributed by atoms with E-state index in [-0.39, 0.29) is 76.1 Å². The molecule has 3 aromatic rings. The number of aromatic amines is 1. The van der Waals surface area contributed by atoms with Gasteiger partial charge >= 0.3 is 0 Å². The fourth-order valence-corrected chi connectivity index (χ4v) is 10.5. The van der Waals surface area contributed by atoms with Crippen LogP contribution in [0.5, 0.6) is 0 Å². The predicted molar refractivity (Wildman–Crippen MR) is 292 cm³/mol. The minimum Gasteiger partial charge on any atom is -0.370 e. The predicted octanol–water partition coefficient (Wildman–Crippen LogP) is 0.376. The van der Waals surface area contributed by atoms with Crippen molar-refractivity contribution in [1.82, 2.24) is 52.0 Å². The average Bonchev–Trinajstić information content (AvgIpc) is 4.28. The first-order chi connectivity index (χ1) is 37.5. The molecule has 78 heavy (non-hydrogen) atoms. The highest BCUT2D eigenvalue weighted by atomic mass is 16.2. The molecule has 7 rings (SSSR count). The summed E-state index contributed by atoms with van der Waals surface area (Å²) >= 11 is 0. The molecule has 0 aliphatic carbocycles. The van der Waals surface area contributed by atoms with Gasteiger partial charge in [0.1, 0.15) is 42.3 Å². The molecule has 0 bridgehead atoms. The standard InChI is InChI=1S/C55H74N14O9/c1-33-14-12-26-68(33)54(78)46-22-13-27-69(46)53(77)45-31-47(71)59-23-9-8-20-40(62-34(2)70)48(72)66-44(30-37-17-10-24-58-37)52(76)64-42(28-35-15-4-3-5-16-35)50(74)63-41(21-11-25-60-55(56)57)49(73)65-43(51(75)67-45)29-36-32-61-39-19-7-6-18-38(36)39/h3-7,15-19,24,32-33,40-46,61H,8-14,20-23,25-31H2,1-2H3,(H,59,71)(H,62,70)(H,63,74)(H,64,76)(H,65,73)(H,66,72)(H,67,75)(H4,56,57,60)/t33-,40+,41+,42-,43+,44+,45+,46+/m1/s1. The van der Waals surface area contributed by atoms with E-state index >= 15 is 4.79 Å². The number of carbonyl (C=O) groups is 9. The van der Waals surface area contributed by atoms with Gasteiger partial charge in [0.05, 0.1) is 6.42 Å². The number of aromatic nitrogens is 1. The third-order valence-corrected chi connectivity index (χ3v) is 14.6. The zero-order valence-corrected chi connectivity index (χ0v) is 44.4. The number of nitrogens with two attached hydrogens (primary N) is 2. The molecule has 4 aliphatic heterocycles. The van der Waals surface area contributed by atoms with Crippen LogP contribution in [-0.2, 0) is 56.0 Å². The summed E-state index contributed by atoms with van der Waals surface area (Å²) in [5.74, 6) is -5.94. The lowest BCUT2D eigenvalue weighted by Crippen LogP contribution is -2.61. The molecular formula is C55H74N14O9. The number of likely N-dealkylation sites (tertiary alicyclic amines) is 2. The van der Waals surface area contributed by atoms with Gasteiger partial charge in [0.15, 0.2) is 5.96 Å². The van der Waals surface area contributed by atoms with E-state index in [1.165, 1.54) is 11.8 Å². The van der Waals surface area contributed by atoms with Crippen LogP contribution in [0.3, 0.4) is 0 Å². The molecule has 0 spiro atoms. The number of benzene rings is 2. The summed E-state index contributed by atoms with van der Waals surface area (Å²) in [4.78, 5) is 144. The number of hydrogen-bond acceptors (Lipinski definition) is 11. The number of rotatable bonds is 13. The SMILES string of the molecule is CC(=O)N[C@H]1CCCCNC(=O)C[C@@H](C(=O)N2CCC[C@H]2C(=O)N2CCC[C@H]2C)NC(=O)[C@H](Cc2c[nH]c3ccccc23)NC(=O)[C@H](CCCN=C(N)N)NC(=O)[C@@H](Cc2ccccc2)NC(=O)[C@H](CC2=CCC=N2)NC1=O. The maximum Gasteiger partial charge on any atom is 0.246 e. The molecule has 12 N–H and O–H groups in total. The number of carbonyl (C=O) groups excluding carboxylic acids is 9. The summed E-state index contributed by atoms with van der Waals surface area (Å²) in [6.07, 6.45) is 8.37. The van der Waals surface area contributed by atoms with Crippen molar-refractivity contribution in [1.29, 1.82) is 0 Å². The maximum absolute atomic E-state index is 15.0. The Balaban J connectivity index is 1.26. The van der Waals surface area contributed by atoms with E-state index in [1.54, 1.807) is 53.7 Å². The number of hydrogen-bond donors (Lipinski definition) is 10. The zero-order chi connectivity index (χ0) is 55.7. The number of aliphatic imine (C=N–C) groups is 2. The fraction of sp³-hybridized carbons (Fsp3) is 0.509. The van der Waals surface area contributed by atoms with E-state index in [9.17, 15) is 38.4 Å². The molecule has 3 saturated heterocycles. The molecule has 0 unspecified atom stereocenters. The summed E-state index contributed by atoms with van der Waals surface area (Å²) in [5.41, 5.74) is 13.8. The van der Waals surface area contributed by atoms with Crippen molar-refractivity contribution in [3.63, 3.8) is 0 Å². The molecule has 3 fully saturated rings. The van der Waals surface area contributed by atoms with Crippen LogP contribution in [0.4, 0.5) is 0 Å². The van der Waals surface area contributed by atoms with Crippen LogP contribution < -0.4 is 48.7 Å². The first-order valence-corrected chi connectivity index (χ1v) is 27.1. The number of allylic oxidation sites excluding steroid dienone is 1. The van der Waals surface area contributed by atoms with Gasteiger partial charge in [-0.25, -0.2) is 0 Å². The van der Waals surface area contributed by atoms with Crippen LogP contribution in [0, 0.1) is 0 Å². The number of amides is 9. The molecule has 0 saturated carbocycles. The van der Waals surface area contributed by atoms with Crippen molar-refractivity contribution in [3.05, 3.63) is 83.7 Å². The summed E-state index contributed by atoms with van der Waals surface area (Å²) in [5, 5.41) is 20.3. The number of H-pyrrole nitrogens is 1. The molecule has 5 heterocycles. The maximum atomic E-state index is 15.0. The molecule has 8 atom stereocenters. The quantitative estimate of drug-likeness (QED) is 0.0634. The number of fused-ring (bicyclic) bond motifs is 1. The van der Waals surface area contributed by atoms with Crippen LogP contribution in [0.25, 0.3) is 10.9 Å². The lowest BCUT2D eigenvalue weighted by atomic mass is 10.0. The smallest absolute Gasteiger partial charge is 0.246 e. The molecule has 0 radical (unpaired) electrons. The highest BCUT2D eigenvalue weighted by Crippen LogP contribution is 2.26. The highest BCUT2D eigenvalue weighted by molar-refractivity contribution is 5.99. The summed E-state index contributed by atoms with van der Waals surface area (Å²) < 4.78 is 0. The molecule has 4 aliphatic rings. The Labute approximate surface area is 453 Å². The first-order valence-electron chi connectivity index (χ1n) is 27.1. The largest absolute Gasteiger partial charge is 0.370 e. The van der Waals surface area contributed by atoms with Gasteiger partial charge in [0.25, 0.3) is 0 Å². The second-order valence-corrected chi connectivity index (χ2v) is 20.5. The van der Waals surface area contributed by atoms with Gasteiger partial charge in [-0.3, -0.25) is 53.1 Å². The van der Waals surface area contributed by atoms with Gasteiger partial charge in [0.2, 0.25) is 53.2 Å². The van der Waals surface area contributed by atoms with Gasteiger partial charge in [-0.15, -0.1) is 0 Å². The monoisotopic (exact) mass is 1070 g/mol. The Morgan fingerprint density at radius 3 is 2.08 bits per heavy atom. The second kappa shape index (κ2) is 27.8. The van der Waals surface area contributed by atoms with E-state index in [2.05, 4.69) is 52.2 Å². The number of para-hydroxylation sites is 1. The zero-order valence-electron chi connectivity index (χ0n) is 44.4. The Morgan fingerprint density at radius 2 is 1.37 bits per heavy atom. The van der Waals surface area contributed by atoms with Crippen molar-refractivity contribution in [3.8, 4) is 0 Å². The van der Waals surface area contributed by atoms with Gasteiger partial charge in [-0.05, 0) is 81.9 Å². The minimum absolute atomic E-state index is 0.0133. The Bertz CT molecular complexity index is 2760. The summed E-state index contributed by atoms with van der Waals surface area (Å²) in [7, 11) is 0. The molecule has 9 amide bonds. The second-order valence-electron chi connectivity index (χ2n) is 20.5. The van der Waals surface area contributed by atoms with Crippen LogP contribution >= 0.6 is 0 Å². The first kappa shape index (κ1) is 57.6. The topological polar surface area (TPSA) is 337 Å². The number of nitrogens with zero attached hydrogens (tertiary/aromatic N) is 4. The third kappa shape index (κ3) is 16.0. The molecule has 2 aromatic carbocycles. The van der Waals surface area contributed by atoms with Crippen molar-refractivity contribution in [2.24, 2.45) is 21.5 Å². The molecular weight excluding hydrogens is 1000 g/mol. The van der Waals surface area contributed by atoms with Crippen molar-refractivity contribution in [2.45, 2.75) is 152 Å². The van der Waals surface area contributed by atoms with Gasteiger partial charge in [-0.2, -0.15) is 0 Å². The summed E-state index contributed by atoms with van der Waals surface area (Å²) in [6.45, 7) is 4.14. The van der Waals surface area contributed by atoms with Crippen molar-refractivity contribution < 1.29 is 43.2 Å². The van der Waals surface area contributed by atoms with Crippen LogP contribution in [0.2, 0.25) is 0 Å². The fourth-order valence-electron chi connectivity index (χ4n) is 10.5. The van der Waals surface area contributed by atoms with E-state index in [4.69, 9.17) is 11.5 Å². The number of nitrogens with one attached hydrogen (secondary N) is 8. The Kier molecular flexibility index (Phi) is 20.5.